The number of hydrazine groups is 1. The van der Waals surface area contributed by atoms with Crippen LogP contribution in [0.5, 0.6) is 0 Å². The predicted octanol–water partition coefficient (Wildman–Crippen LogP) is 5.65. The number of aryl methyl sites for hydroxylation is 2. The summed E-state index contributed by atoms with van der Waals surface area (Å²) < 4.78 is 5.04. The quantitative estimate of drug-likeness (QED) is 0.110. The minimum atomic E-state index is -0.967. The minimum absolute atomic E-state index is 0.0650. The van der Waals surface area contributed by atoms with Gasteiger partial charge in [-0.05, 0) is 79.4 Å². The lowest BCUT2D eigenvalue weighted by Crippen LogP contribution is -2.35. The molecule has 4 aromatic rings. The van der Waals surface area contributed by atoms with Crippen molar-refractivity contribution in [2.24, 2.45) is 5.84 Å². The van der Waals surface area contributed by atoms with Gasteiger partial charge >= 0.3 is 5.97 Å². The van der Waals surface area contributed by atoms with E-state index in [-0.39, 0.29) is 17.5 Å². The summed E-state index contributed by atoms with van der Waals surface area (Å²) in [6.45, 7) is 6.40. The molecule has 40 heavy (non-hydrogen) atoms. The molecule has 0 spiro atoms. The summed E-state index contributed by atoms with van der Waals surface area (Å²) in [4.78, 5) is 23.3. The Morgan fingerprint density at radius 3 is 1.82 bits per heavy atom. The van der Waals surface area contributed by atoms with Gasteiger partial charge in [0.1, 0.15) is 0 Å². The van der Waals surface area contributed by atoms with Crippen LogP contribution in [-0.4, -0.2) is 36.7 Å². The van der Waals surface area contributed by atoms with Crippen LogP contribution in [0.25, 0.3) is 22.3 Å². The lowest BCUT2D eigenvalue weighted by molar-refractivity contribution is 0.0696. The topological polar surface area (TPSA) is 140 Å². The number of nitrogens with one attached hydrogen (secondary N) is 2. The van der Waals surface area contributed by atoms with E-state index in [1.54, 1.807) is 25.3 Å². The van der Waals surface area contributed by atoms with Crippen LogP contribution < -0.4 is 22.3 Å². The number of anilines is 2. The van der Waals surface area contributed by atoms with Gasteiger partial charge in [-0.25, -0.2) is 4.79 Å². The van der Waals surface area contributed by atoms with Gasteiger partial charge in [-0.15, -0.1) is 0 Å². The summed E-state index contributed by atoms with van der Waals surface area (Å²) in [6.07, 6.45) is 0. The van der Waals surface area contributed by atoms with Crippen molar-refractivity contribution < 1.29 is 19.4 Å². The lowest BCUT2D eigenvalue weighted by atomic mass is 10.0. The zero-order valence-corrected chi connectivity index (χ0v) is 23.2. The highest BCUT2D eigenvalue weighted by atomic mass is 16.5. The fourth-order valence-electron chi connectivity index (χ4n) is 4.04. The first-order valence-corrected chi connectivity index (χ1v) is 12.8. The number of benzene rings is 4. The number of methoxy groups -OCH3 is 1. The third kappa shape index (κ3) is 8.42. The fourth-order valence-corrected chi connectivity index (χ4v) is 4.04. The summed E-state index contributed by atoms with van der Waals surface area (Å²) in [6, 6.07) is 26.3. The van der Waals surface area contributed by atoms with Crippen molar-refractivity contribution in [2.75, 3.05) is 24.9 Å². The second-order valence-corrected chi connectivity index (χ2v) is 9.65. The summed E-state index contributed by atoms with van der Waals surface area (Å²) in [5, 5.41) is 11.9. The van der Waals surface area contributed by atoms with Crippen molar-refractivity contribution in [3.63, 3.8) is 0 Å². The number of nitrogen functional groups attached to an aromatic ring is 2. The van der Waals surface area contributed by atoms with E-state index in [4.69, 9.17) is 21.4 Å². The molecule has 1 unspecified atom stereocenters. The molecule has 8 heteroatoms. The fraction of sp³-hybridized carbons (Fsp3) is 0.188. The molecule has 0 heterocycles. The van der Waals surface area contributed by atoms with Gasteiger partial charge in [0.25, 0.3) is 5.91 Å². The van der Waals surface area contributed by atoms with E-state index in [1.165, 1.54) is 11.6 Å². The number of nitrogens with two attached hydrogens (primary N) is 2. The lowest BCUT2D eigenvalue weighted by Gasteiger charge is -2.14. The van der Waals surface area contributed by atoms with Gasteiger partial charge in [0.2, 0.25) is 0 Å². The van der Waals surface area contributed by atoms with E-state index in [1.807, 2.05) is 81.4 Å². The van der Waals surface area contributed by atoms with Crippen LogP contribution in [0, 0.1) is 13.8 Å². The number of hydrogen-bond acceptors (Lipinski definition) is 6. The molecule has 0 aliphatic heterocycles. The molecule has 1 atom stereocenters. The predicted molar refractivity (Wildman–Crippen MR) is 161 cm³/mol. The molecule has 0 aliphatic rings. The van der Waals surface area contributed by atoms with Crippen LogP contribution in [0.3, 0.4) is 0 Å². The Morgan fingerprint density at radius 2 is 1.32 bits per heavy atom. The molecule has 0 fully saturated rings. The number of aromatic carboxylic acids is 1. The second-order valence-electron chi connectivity index (χ2n) is 9.65. The maximum atomic E-state index is 12.4. The first kappa shape index (κ1) is 29.9. The Bertz CT molecular complexity index is 1450. The van der Waals surface area contributed by atoms with Crippen molar-refractivity contribution >= 4 is 23.3 Å². The molecule has 1 amide bonds. The van der Waals surface area contributed by atoms with Crippen molar-refractivity contribution in [1.29, 1.82) is 0 Å². The van der Waals surface area contributed by atoms with Crippen LogP contribution >= 0.6 is 0 Å². The van der Waals surface area contributed by atoms with Gasteiger partial charge in [-0.3, -0.25) is 10.6 Å². The van der Waals surface area contributed by atoms with Gasteiger partial charge in [0, 0.05) is 30.1 Å². The molecular weight excluding hydrogens is 504 g/mol. The van der Waals surface area contributed by atoms with Gasteiger partial charge in [0.05, 0.1) is 12.2 Å². The van der Waals surface area contributed by atoms with Crippen molar-refractivity contribution in [2.45, 2.75) is 26.8 Å². The van der Waals surface area contributed by atoms with Crippen LogP contribution in [0.15, 0.2) is 84.9 Å². The van der Waals surface area contributed by atoms with Gasteiger partial charge in [-0.1, -0.05) is 59.7 Å². The normalized spacial score (nSPS) is 11.1. The summed E-state index contributed by atoms with van der Waals surface area (Å²) in [7, 11) is 1.61. The van der Waals surface area contributed by atoms with E-state index in [9.17, 15) is 9.59 Å². The summed E-state index contributed by atoms with van der Waals surface area (Å²) in [5.74, 6) is 4.42. The van der Waals surface area contributed by atoms with Crippen molar-refractivity contribution in [3.8, 4) is 22.3 Å². The first-order valence-electron chi connectivity index (χ1n) is 12.8. The maximum Gasteiger partial charge on any atom is 0.335 e. The van der Waals surface area contributed by atoms with Crippen molar-refractivity contribution in [3.05, 3.63) is 107 Å². The summed E-state index contributed by atoms with van der Waals surface area (Å²) >= 11 is 0. The first-order chi connectivity index (χ1) is 19.1. The highest BCUT2D eigenvalue weighted by Gasteiger charge is 2.12. The average molecular weight is 541 g/mol. The Kier molecular flexibility index (Phi) is 10.4. The van der Waals surface area contributed by atoms with E-state index in [0.29, 0.717) is 23.5 Å². The molecule has 4 aromatic carbocycles. The minimum Gasteiger partial charge on any atom is -0.478 e. The van der Waals surface area contributed by atoms with E-state index in [2.05, 4.69) is 10.7 Å². The highest BCUT2D eigenvalue weighted by molar-refractivity contribution is 5.97. The maximum absolute atomic E-state index is 12.4. The van der Waals surface area contributed by atoms with Crippen LogP contribution in [0.4, 0.5) is 11.4 Å². The Balaban J connectivity index is 0.000000230. The smallest absolute Gasteiger partial charge is 0.335 e. The Morgan fingerprint density at radius 1 is 0.800 bits per heavy atom. The van der Waals surface area contributed by atoms with Gasteiger partial charge in [0.15, 0.2) is 0 Å². The van der Waals surface area contributed by atoms with Crippen LogP contribution in [0.1, 0.15) is 38.8 Å². The second kappa shape index (κ2) is 13.9. The molecule has 0 aromatic heterocycles. The standard InChI is InChI=1S/C18H23N3O2.C14H13NO2/c1-12-4-6-14(7-5-12)15-8-16(10-17(9-15)21-19)18(22)20-13(2)11-23-3;1-9-2-4-10(5-3-9)11-6-12(14(16)17)8-13(15)7-11/h4-10,13,21H,11,19H2,1-3H3,(H,20,22);2-8H,15H2,1H3,(H,16,17). The zero-order valence-electron chi connectivity index (χ0n) is 23.2. The average Bonchev–Trinajstić information content (AvgIpc) is 2.93. The molecule has 4 rings (SSSR count). The molecule has 0 bridgehead atoms. The van der Waals surface area contributed by atoms with Crippen molar-refractivity contribution in [1.82, 2.24) is 5.32 Å². The number of rotatable bonds is 8. The molecule has 0 radical (unpaired) electrons. The van der Waals surface area contributed by atoms with Crippen LogP contribution in [-0.2, 0) is 4.74 Å². The number of carbonyl (C=O) groups is 2. The zero-order chi connectivity index (χ0) is 29.2. The monoisotopic (exact) mass is 540 g/mol. The van der Waals surface area contributed by atoms with Gasteiger partial charge < -0.3 is 26.3 Å². The van der Waals surface area contributed by atoms with E-state index in [0.717, 1.165) is 27.8 Å². The van der Waals surface area contributed by atoms with E-state index >= 15 is 0 Å². The number of carboxylic acids is 1. The molecule has 208 valence electrons. The highest BCUT2D eigenvalue weighted by Crippen LogP contribution is 2.26. The SMILES string of the molecule is COCC(C)NC(=O)c1cc(NN)cc(-c2ccc(C)cc2)c1.Cc1ccc(-c2cc(N)cc(C(=O)O)c2)cc1. The Hall–Kier alpha value is -4.66. The third-order valence-corrected chi connectivity index (χ3v) is 6.13. The number of ether oxygens (including phenoxy) is 1. The summed E-state index contributed by atoms with van der Waals surface area (Å²) in [5.41, 5.74) is 16.3. The molecule has 8 nitrogen and oxygen atoms in total. The molecule has 7 N–H and O–H groups in total. The third-order valence-electron chi connectivity index (χ3n) is 6.13. The molecule has 0 saturated heterocycles. The molecule has 0 aliphatic carbocycles. The molecular formula is C32H36N4O4. The number of carbonyl (C=O) groups excluding carboxylic acids is 1. The van der Waals surface area contributed by atoms with Gasteiger partial charge in [-0.2, -0.15) is 0 Å². The largest absolute Gasteiger partial charge is 0.478 e. The van der Waals surface area contributed by atoms with Crippen LogP contribution in [0.2, 0.25) is 0 Å². The number of hydrogen-bond donors (Lipinski definition) is 5. The van der Waals surface area contributed by atoms with E-state index < -0.39 is 5.97 Å². The molecule has 0 saturated carbocycles. The number of carboxylic acid groups (broad SMARTS) is 1. The Labute approximate surface area is 235 Å². The number of amides is 1.